The molecular weight excluding hydrogens is 454 g/mol. The van der Waals surface area contributed by atoms with Crippen LogP contribution in [0.3, 0.4) is 0 Å². The molecule has 1 aliphatic heterocycles. The van der Waals surface area contributed by atoms with E-state index in [9.17, 15) is 35.6 Å². The van der Waals surface area contributed by atoms with Crippen LogP contribution in [0, 0.1) is 5.82 Å². The van der Waals surface area contributed by atoms with Crippen molar-refractivity contribution in [1.82, 2.24) is 14.5 Å². The van der Waals surface area contributed by atoms with Crippen LogP contribution >= 0.6 is 0 Å². The molecule has 0 aliphatic carbocycles. The minimum absolute atomic E-state index is 0.0197. The lowest BCUT2D eigenvalue weighted by atomic mass is 10.1. The van der Waals surface area contributed by atoms with Crippen molar-refractivity contribution in [3.8, 4) is 0 Å². The van der Waals surface area contributed by atoms with Gasteiger partial charge in [0.15, 0.2) is 0 Å². The van der Waals surface area contributed by atoms with Crippen LogP contribution in [-0.4, -0.2) is 68.9 Å². The SMILES string of the molecule is O=C(c1cccc(S(=O)(=O)NCC(F)(F)F)c1)N1CCN(C(=O)c2ccccc2F)CC1. The maximum atomic E-state index is 13.8. The number of hydrogen-bond donors (Lipinski definition) is 1. The summed E-state index contributed by atoms with van der Waals surface area (Å²) in [6.45, 7) is -1.19. The van der Waals surface area contributed by atoms with Crippen molar-refractivity contribution in [2.75, 3.05) is 32.7 Å². The van der Waals surface area contributed by atoms with Crippen molar-refractivity contribution in [3.05, 3.63) is 65.5 Å². The predicted octanol–water partition coefficient (Wildman–Crippen LogP) is 2.26. The second-order valence-corrected chi connectivity index (χ2v) is 8.80. The van der Waals surface area contributed by atoms with E-state index in [4.69, 9.17) is 0 Å². The molecule has 0 aromatic heterocycles. The molecule has 7 nitrogen and oxygen atoms in total. The first kappa shape index (κ1) is 23.7. The van der Waals surface area contributed by atoms with Gasteiger partial charge in [0.2, 0.25) is 10.0 Å². The molecule has 0 atom stereocenters. The fraction of sp³-hybridized carbons (Fsp3) is 0.300. The first-order chi connectivity index (χ1) is 15.0. The maximum Gasteiger partial charge on any atom is 0.402 e. The molecule has 1 saturated heterocycles. The van der Waals surface area contributed by atoms with Crippen LogP contribution in [0.15, 0.2) is 53.4 Å². The van der Waals surface area contributed by atoms with Crippen molar-refractivity contribution < 1.29 is 35.6 Å². The van der Waals surface area contributed by atoms with Crippen LogP contribution in [0.2, 0.25) is 0 Å². The predicted molar refractivity (Wildman–Crippen MR) is 106 cm³/mol. The van der Waals surface area contributed by atoms with Crippen LogP contribution in [-0.2, 0) is 10.0 Å². The molecule has 0 bridgehead atoms. The Kier molecular flexibility index (Phi) is 6.84. The lowest BCUT2D eigenvalue weighted by molar-refractivity contribution is -0.121. The number of nitrogens with zero attached hydrogens (tertiary/aromatic N) is 2. The van der Waals surface area contributed by atoms with Gasteiger partial charge in [-0.05, 0) is 30.3 Å². The topological polar surface area (TPSA) is 86.8 Å². The number of piperazine rings is 1. The number of nitrogens with one attached hydrogen (secondary N) is 1. The van der Waals surface area contributed by atoms with Gasteiger partial charge in [-0.25, -0.2) is 17.5 Å². The number of carbonyl (C=O) groups excluding carboxylic acids is 2. The van der Waals surface area contributed by atoms with Gasteiger partial charge in [-0.3, -0.25) is 9.59 Å². The molecule has 3 rings (SSSR count). The summed E-state index contributed by atoms with van der Waals surface area (Å²) in [6, 6.07) is 10.2. The molecule has 2 aromatic carbocycles. The first-order valence-corrected chi connectivity index (χ1v) is 11.0. The Labute approximate surface area is 181 Å². The van der Waals surface area contributed by atoms with E-state index < -0.39 is 45.3 Å². The highest BCUT2D eigenvalue weighted by Gasteiger charge is 2.31. The fourth-order valence-corrected chi connectivity index (χ4v) is 4.22. The number of rotatable bonds is 5. The number of halogens is 4. The minimum atomic E-state index is -4.72. The third kappa shape index (κ3) is 5.62. The van der Waals surface area contributed by atoms with Crippen molar-refractivity contribution in [1.29, 1.82) is 0 Å². The van der Waals surface area contributed by atoms with E-state index in [2.05, 4.69) is 0 Å². The quantitative estimate of drug-likeness (QED) is 0.675. The average molecular weight is 473 g/mol. The Bertz CT molecular complexity index is 1110. The van der Waals surface area contributed by atoms with Crippen molar-refractivity contribution in [2.24, 2.45) is 0 Å². The molecule has 1 heterocycles. The van der Waals surface area contributed by atoms with Gasteiger partial charge in [-0.15, -0.1) is 0 Å². The van der Waals surface area contributed by atoms with Crippen LogP contribution in [0.1, 0.15) is 20.7 Å². The van der Waals surface area contributed by atoms with E-state index in [1.54, 1.807) is 6.07 Å². The molecule has 2 amide bonds. The molecule has 0 saturated carbocycles. The van der Waals surface area contributed by atoms with Crippen LogP contribution in [0.25, 0.3) is 0 Å². The highest BCUT2D eigenvalue weighted by Crippen LogP contribution is 2.18. The highest BCUT2D eigenvalue weighted by molar-refractivity contribution is 7.89. The Morgan fingerprint density at radius 2 is 1.50 bits per heavy atom. The Balaban J connectivity index is 1.66. The average Bonchev–Trinajstić information content (AvgIpc) is 2.77. The van der Waals surface area contributed by atoms with Gasteiger partial charge in [0.05, 0.1) is 10.5 Å². The van der Waals surface area contributed by atoms with E-state index >= 15 is 0 Å². The molecule has 0 radical (unpaired) electrons. The number of sulfonamides is 1. The van der Waals surface area contributed by atoms with Gasteiger partial charge < -0.3 is 9.80 Å². The largest absolute Gasteiger partial charge is 0.402 e. The number of alkyl halides is 3. The van der Waals surface area contributed by atoms with Crippen molar-refractivity contribution in [3.63, 3.8) is 0 Å². The van der Waals surface area contributed by atoms with Crippen LogP contribution < -0.4 is 4.72 Å². The lowest BCUT2D eigenvalue weighted by Gasteiger charge is -2.35. The van der Waals surface area contributed by atoms with Gasteiger partial charge in [-0.2, -0.15) is 13.2 Å². The van der Waals surface area contributed by atoms with E-state index in [1.165, 1.54) is 44.9 Å². The molecule has 172 valence electrons. The molecule has 2 aromatic rings. The molecule has 1 N–H and O–H groups in total. The van der Waals surface area contributed by atoms with E-state index in [-0.39, 0.29) is 37.3 Å². The summed E-state index contributed by atoms with van der Waals surface area (Å²) in [5.74, 6) is -1.68. The summed E-state index contributed by atoms with van der Waals surface area (Å²) in [4.78, 5) is 27.6. The zero-order valence-electron chi connectivity index (χ0n) is 16.6. The molecule has 1 aliphatic rings. The number of carbonyl (C=O) groups is 2. The van der Waals surface area contributed by atoms with Gasteiger partial charge in [-0.1, -0.05) is 18.2 Å². The second kappa shape index (κ2) is 9.25. The summed E-state index contributed by atoms with van der Waals surface area (Å²) in [7, 11) is -4.46. The minimum Gasteiger partial charge on any atom is -0.335 e. The monoisotopic (exact) mass is 473 g/mol. The Morgan fingerprint density at radius 1 is 0.906 bits per heavy atom. The smallest absolute Gasteiger partial charge is 0.335 e. The summed E-state index contributed by atoms with van der Waals surface area (Å²) < 4.78 is 76.5. The van der Waals surface area contributed by atoms with Gasteiger partial charge >= 0.3 is 6.18 Å². The first-order valence-electron chi connectivity index (χ1n) is 9.47. The molecule has 12 heteroatoms. The summed E-state index contributed by atoms with van der Waals surface area (Å²) in [6.07, 6.45) is -4.72. The van der Waals surface area contributed by atoms with E-state index in [0.29, 0.717) is 0 Å². The zero-order valence-corrected chi connectivity index (χ0v) is 17.4. The normalized spacial score (nSPS) is 15.0. The Morgan fingerprint density at radius 3 is 2.09 bits per heavy atom. The summed E-state index contributed by atoms with van der Waals surface area (Å²) in [5, 5.41) is 0. The summed E-state index contributed by atoms with van der Waals surface area (Å²) >= 11 is 0. The molecule has 1 fully saturated rings. The van der Waals surface area contributed by atoms with Gasteiger partial charge in [0.1, 0.15) is 12.4 Å². The van der Waals surface area contributed by atoms with Crippen molar-refractivity contribution >= 4 is 21.8 Å². The molecular formula is C20H19F4N3O4S. The zero-order chi connectivity index (χ0) is 23.5. The second-order valence-electron chi connectivity index (χ2n) is 7.03. The number of hydrogen-bond acceptors (Lipinski definition) is 4. The standard InChI is InChI=1S/C20H19F4N3O4S/c21-17-7-2-1-6-16(17)19(29)27-10-8-26(9-11-27)18(28)14-4-3-5-15(12-14)32(30,31)25-13-20(22,23)24/h1-7,12,25H,8-11,13H2. The van der Waals surface area contributed by atoms with Crippen molar-refractivity contribution in [2.45, 2.75) is 11.1 Å². The maximum absolute atomic E-state index is 13.8. The lowest BCUT2D eigenvalue weighted by Crippen LogP contribution is -2.50. The number of amides is 2. The summed E-state index contributed by atoms with van der Waals surface area (Å²) in [5.41, 5.74) is -0.0923. The molecule has 32 heavy (non-hydrogen) atoms. The third-order valence-corrected chi connectivity index (χ3v) is 6.21. The Hall–Kier alpha value is -2.99. The van der Waals surface area contributed by atoms with E-state index in [0.717, 1.165) is 12.1 Å². The van der Waals surface area contributed by atoms with Crippen LogP contribution in [0.5, 0.6) is 0 Å². The fourth-order valence-electron chi connectivity index (χ4n) is 3.16. The van der Waals surface area contributed by atoms with Gasteiger partial charge in [0.25, 0.3) is 11.8 Å². The number of benzene rings is 2. The highest BCUT2D eigenvalue weighted by atomic mass is 32.2. The molecule has 0 spiro atoms. The van der Waals surface area contributed by atoms with Gasteiger partial charge in [0, 0.05) is 31.7 Å². The van der Waals surface area contributed by atoms with E-state index in [1.807, 2.05) is 0 Å². The van der Waals surface area contributed by atoms with Crippen LogP contribution in [0.4, 0.5) is 17.6 Å². The third-order valence-electron chi connectivity index (χ3n) is 4.81. The molecule has 0 unspecified atom stereocenters.